The average Bonchev–Trinajstić information content (AvgIpc) is 2.60. The molecule has 2 rings (SSSR count). The molecule has 0 heterocycles. The Morgan fingerprint density at radius 2 is 1.67 bits per heavy atom. The van der Waals surface area contributed by atoms with Gasteiger partial charge in [0.1, 0.15) is 0 Å². The summed E-state index contributed by atoms with van der Waals surface area (Å²) in [4.78, 5) is 23.9. The fraction of sp³-hybridized carbons (Fsp3) is 0.263. The van der Waals surface area contributed by atoms with Crippen LogP contribution in [0.2, 0.25) is 0 Å². The van der Waals surface area contributed by atoms with Crippen molar-refractivity contribution in [2.75, 3.05) is 11.9 Å². The SMILES string of the molecule is CCCCNNC(=O)c1ccc(NC(=O)Cc2ccccc2)cc1. The number of nitrogens with one attached hydrogen (secondary N) is 3. The zero-order valence-corrected chi connectivity index (χ0v) is 13.8. The molecule has 24 heavy (non-hydrogen) atoms. The summed E-state index contributed by atoms with van der Waals surface area (Å²) in [5, 5.41) is 2.83. The summed E-state index contributed by atoms with van der Waals surface area (Å²) in [6.45, 7) is 2.84. The normalized spacial score (nSPS) is 10.2. The second kappa shape index (κ2) is 9.47. The Labute approximate surface area is 142 Å². The van der Waals surface area contributed by atoms with E-state index in [0.29, 0.717) is 17.7 Å². The van der Waals surface area contributed by atoms with Gasteiger partial charge in [-0.3, -0.25) is 15.0 Å². The first kappa shape index (κ1) is 17.7. The molecule has 0 fully saturated rings. The van der Waals surface area contributed by atoms with E-state index < -0.39 is 0 Å². The lowest BCUT2D eigenvalue weighted by Gasteiger charge is -2.08. The van der Waals surface area contributed by atoms with Crippen molar-refractivity contribution in [2.24, 2.45) is 0 Å². The van der Waals surface area contributed by atoms with E-state index in [-0.39, 0.29) is 11.8 Å². The molecule has 126 valence electrons. The number of carbonyl (C=O) groups is 2. The number of anilines is 1. The van der Waals surface area contributed by atoms with Crippen LogP contribution in [0.3, 0.4) is 0 Å². The molecule has 2 amide bonds. The molecule has 0 atom stereocenters. The van der Waals surface area contributed by atoms with E-state index in [1.165, 1.54) is 0 Å². The minimum atomic E-state index is -0.187. The molecule has 0 saturated heterocycles. The Hall–Kier alpha value is -2.66. The molecule has 0 aliphatic carbocycles. The first-order chi connectivity index (χ1) is 11.7. The highest BCUT2D eigenvalue weighted by molar-refractivity contribution is 5.95. The highest BCUT2D eigenvalue weighted by atomic mass is 16.2. The number of rotatable bonds is 8. The van der Waals surface area contributed by atoms with E-state index in [0.717, 1.165) is 24.9 Å². The fourth-order valence-corrected chi connectivity index (χ4v) is 2.17. The Balaban J connectivity index is 1.83. The maximum atomic E-state index is 12.0. The molecule has 0 aliphatic rings. The number of hydrogen-bond acceptors (Lipinski definition) is 3. The molecule has 0 aliphatic heterocycles. The molecule has 3 N–H and O–H groups in total. The van der Waals surface area contributed by atoms with Crippen LogP contribution in [-0.2, 0) is 11.2 Å². The minimum absolute atomic E-state index is 0.0837. The highest BCUT2D eigenvalue weighted by Gasteiger charge is 2.07. The second-order valence-corrected chi connectivity index (χ2v) is 5.52. The van der Waals surface area contributed by atoms with E-state index >= 15 is 0 Å². The van der Waals surface area contributed by atoms with Gasteiger partial charge in [-0.15, -0.1) is 0 Å². The van der Waals surface area contributed by atoms with Crippen LogP contribution in [0.4, 0.5) is 5.69 Å². The van der Waals surface area contributed by atoms with Crippen molar-refractivity contribution in [3.8, 4) is 0 Å². The van der Waals surface area contributed by atoms with Crippen molar-refractivity contribution in [2.45, 2.75) is 26.2 Å². The zero-order valence-electron chi connectivity index (χ0n) is 13.8. The number of unbranched alkanes of at least 4 members (excludes halogenated alkanes) is 1. The molecule has 0 spiro atoms. The molecule has 0 radical (unpaired) electrons. The van der Waals surface area contributed by atoms with Gasteiger partial charge in [-0.05, 0) is 36.2 Å². The average molecular weight is 325 g/mol. The second-order valence-electron chi connectivity index (χ2n) is 5.52. The largest absolute Gasteiger partial charge is 0.326 e. The quantitative estimate of drug-likeness (QED) is 0.516. The Bertz CT molecular complexity index is 654. The summed E-state index contributed by atoms with van der Waals surface area (Å²) in [7, 11) is 0. The van der Waals surface area contributed by atoms with E-state index in [9.17, 15) is 9.59 Å². The van der Waals surface area contributed by atoms with Crippen molar-refractivity contribution < 1.29 is 9.59 Å². The van der Waals surface area contributed by atoms with Crippen LogP contribution >= 0.6 is 0 Å². The lowest BCUT2D eigenvalue weighted by atomic mass is 10.1. The van der Waals surface area contributed by atoms with Gasteiger partial charge in [-0.25, -0.2) is 5.43 Å². The van der Waals surface area contributed by atoms with Crippen LogP contribution < -0.4 is 16.2 Å². The van der Waals surface area contributed by atoms with Crippen LogP contribution in [0.25, 0.3) is 0 Å². The van der Waals surface area contributed by atoms with E-state index in [2.05, 4.69) is 23.1 Å². The fourth-order valence-electron chi connectivity index (χ4n) is 2.17. The number of hydrogen-bond donors (Lipinski definition) is 3. The maximum Gasteiger partial charge on any atom is 0.265 e. The van der Waals surface area contributed by atoms with Gasteiger partial charge in [0.15, 0.2) is 0 Å². The van der Waals surface area contributed by atoms with Gasteiger partial charge < -0.3 is 5.32 Å². The predicted octanol–water partition coefficient (Wildman–Crippen LogP) is 2.90. The minimum Gasteiger partial charge on any atom is -0.326 e. The smallest absolute Gasteiger partial charge is 0.265 e. The number of hydrazine groups is 1. The Morgan fingerprint density at radius 1 is 0.958 bits per heavy atom. The lowest BCUT2D eigenvalue weighted by molar-refractivity contribution is -0.115. The molecular formula is C19H23N3O2. The van der Waals surface area contributed by atoms with Gasteiger partial charge in [0.05, 0.1) is 6.42 Å². The van der Waals surface area contributed by atoms with Crippen LogP contribution in [0.1, 0.15) is 35.7 Å². The molecule has 0 bridgehead atoms. The topological polar surface area (TPSA) is 70.2 Å². The van der Waals surface area contributed by atoms with E-state index in [1.807, 2.05) is 30.3 Å². The summed E-state index contributed by atoms with van der Waals surface area (Å²) in [5.74, 6) is -0.270. The molecule has 5 heteroatoms. The third-order valence-corrected chi connectivity index (χ3v) is 3.50. The van der Waals surface area contributed by atoms with Gasteiger partial charge in [0.25, 0.3) is 5.91 Å². The van der Waals surface area contributed by atoms with Gasteiger partial charge in [-0.2, -0.15) is 0 Å². The van der Waals surface area contributed by atoms with E-state index in [1.54, 1.807) is 24.3 Å². The van der Waals surface area contributed by atoms with Crippen molar-refractivity contribution in [3.05, 3.63) is 65.7 Å². The number of amides is 2. The highest BCUT2D eigenvalue weighted by Crippen LogP contribution is 2.10. The number of benzene rings is 2. The van der Waals surface area contributed by atoms with Crippen LogP contribution in [0.15, 0.2) is 54.6 Å². The summed E-state index contributed by atoms with van der Waals surface area (Å²) < 4.78 is 0. The zero-order chi connectivity index (χ0) is 17.2. The molecule has 0 saturated carbocycles. The van der Waals surface area contributed by atoms with Crippen LogP contribution in [0.5, 0.6) is 0 Å². The van der Waals surface area contributed by atoms with Gasteiger partial charge in [0.2, 0.25) is 5.91 Å². The number of carbonyl (C=O) groups excluding carboxylic acids is 2. The summed E-state index contributed by atoms with van der Waals surface area (Å²) in [6.07, 6.45) is 2.40. The maximum absolute atomic E-state index is 12.0. The molecule has 0 aromatic heterocycles. The molecule has 5 nitrogen and oxygen atoms in total. The lowest BCUT2D eigenvalue weighted by Crippen LogP contribution is -2.37. The van der Waals surface area contributed by atoms with Crippen molar-refractivity contribution >= 4 is 17.5 Å². The van der Waals surface area contributed by atoms with Crippen molar-refractivity contribution in [3.63, 3.8) is 0 Å². The molecule has 0 unspecified atom stereocenters. The van der Waals surface area contributed by atoms with Gasteiger partial charge >= 0.3 is 0 Å². The van der Waals surface area contributed by atoms with Gasteiger partial charge in [-0.1, -0.05) is 43.7 Å². The Morgan fingerprint density at radius 3 is 2.33 bits per heavy atom. The monoisotopic (exact) mass is 325 g/mol. The Kier molecular flexibility index (Phi) is 6.98. The van der Waals surface area contributed by atoms with Crippen molar-refractivity contribution in [1.29, 1.82) is 0 Å². The third-order valence-electron chi connectivity index (χ3n) is 3.50. The molecule has 2 aromatic rings. The summed E-state index contributed by atoms with van der Waals surface area (Å²) in [5.41, 5.74) is 7.72. The van der Waals surface area contributed by atoms with Gasteiger partial charge in [0, 0.05) is 17.8 Å². The first-order valence-corrected chi connectivity index (χ1v) is 8.16. The van der Waals surface area contributed by atoms with Crippen LogP contribution in [-0.4, -0.2) is 18.4 Å². The van der Waals surface area contributed by atoms with Crippen molar-refractivity contribution in [1.82, 2.24) is 10.9 Å². The molecular weight excluding hydrogens is 302 g/mol. The first-order valence-electron chi connectivity index (χ1n) is 8.16. The predicted molar refractivity (Wildman–Crippen MR) is 95.6 cm³/mol. The standard InChI is InChI=1S/C19H23N3O2/c1-2-3-13-20-22-19(24)16-9-11-17(12-10-16)21-18(23)14-15-7-5-4-6-8-15/h4-12,20H,2-3,13-14H2,1H3,(H,21,23)(H,22,24). The summed E-state index contributed by atoms with van der Waals surface area (Å²) in [6, 6.07) is 16.4. The third kappa shape index (κ3) is 5.85. The molecule has 2 aromatic carbocycles. The van der Waals surface area contributed by atoms with Crippen LogP contribution in [0, 0.1) is 0 Å². The van der Waals surface area contributed by atoms with E-state index in [4.69, 9.17) is 0 Å². The summed E-state index contributed by atoms with van der Waals surface area (Å²) >= 11 is 0.